The minimum absolute atomic E-state index is 0.0643. The number of likely N-dealkylation sites (tertiary alicyclic amines) is 1. The van der Waals surface area contributed by atoms with E-state index in [0.29, 0.717) is 38.1 Å². The fourth-order valence-electron chi connectivity index (χ4n) is 9.02. The lowest BCUT2D eigenvalue weighted by atomic mass is 9.51. The highest BCUT2D eigenvalue weighted by molar-refractivity contribution is 5.94. The van der Waals surface area contributed by atoms with Crippen molar-refractivity contribution in [3.8, 4) is 17.0 Å². The maximum atomic E-state index is 14.7. The van der Waals surface area contributed by atoms with Crippen molar-refractivity contribution in [2.75, 3.05) is 31.6 Å². The van der Waals surface area contributed by atoms with Crippen LogP contribution < -0.4 is 9.64 Å². The molecule has 0 radical (unpaired) electrons. The lowest BCUT2D eigenvalue weighted by Crippen LogP contribution is -2.52. The van der Waals surface area contributed by atoms with Crippen molar-refractivity contribution in [1.29, 1.82) is 0 Å². The molecule has 8 rings (SSSR count). The Morgan fingerprint density at radius 1 is 0.980 bits per heavy atom. The molecule has 268 valence electrons. The third-order valence-corrected chi connectivity index (χ3v) is 12.4. The zero-order valence-electron chi connectivity index (χ0n) is 30.9. The number of pyridine rings is 1. The molecule has 4 saturated carbocycles. The fourth-order valence-corrected chi connectivity index (χ4v) is 9.02. The summed E-state index contributed by atoms with van der Waals surface area (Å²) >= 11 is 0. The van der Waals surface area contributed by atoms with Crippen LogP contribution in [0.4, 0.5) is 10.6 Å². The third kappa shape index (κ3) is 6.76. The fraction of sp³-hybridized carbons (Fsp3) is 0.610. The van der Waals surface area contributed by atoms with E-state index < -0.39 is 0 Å². The van der Waals surface area contributed by atoms with E-state index in [1.54, 1.807) is 12.0 Å². The number of carbonyl (C=O) groups is 2. The van der Waals surface area contributed by atoms with Crippen LogP contribution in [0.5, 0.6) is 5.75 Å². The molecule has 0 spiro atoms. The molecule has 3 heterocycles. The Morgan fingerprint density at radius 2 is 1.68 bits per heavy atom. The molecule has 1 aliphatic heterocycles. The van der Waals surface area contributed by atoms with Gasteiger partial charge >= 0.3 is 6.09 Å². The molecule has 3 aromatic rings. The van der Waals surface area contributed by atoms with E-state index in [-0.39, 0.29) is 40.4 Å². The summed E-state index contributed by atoms with van der Waals surface area (Å²) < 4.78 is 13.4. The maximum absolute atomic E-state index is 14.7. The molecule has 5 aliphatic rings. The Balaban J connectivity index is 1.10. The first-order chi connectivity index (χ1) is 23.9. The number of rotatable bonds is 8. The molecule has 2 aromatic heterocycles. The molecular formula is C41H55N5O4. The molecule has 0 N–H and O–H groups in total. The van der Waals surface area contributed by atoms with Gasteiger partial charge in [-0.1, -0.05) is 25.1 Å². The second kappa shape index (κ2) is 13.3. The number of benzene rings is 1. The Labute approximate surface area is 297 Å². The van der Waals surface area contributed by atoms with Crippen LogP contribution in [0.15, 0.2) is 48.8 Å². The number of hydrogen-bond donors (Lipinski definition) is 0. The smallest absolute Gasteiger partial charge is 0.410 e. The standard InChI is InChI=1S/C41H55N5O4/c1-28-24-44(25-28)38(48)50-33-13-10-30(11-14-33)37(47)45(36-9-7-8-34(43-36)31-23-42-46(26-31)39(3,4)5)27-40-16-19-41(20-17-40,21-18-40)32-12-15-35(49-6)29(2)22-32/h7-9,12,15,22-23,26,28,30,33H,10-11,13-14,16-21,24-25,27H2,1-6H3. The van der Waals surface area contributed by atoms with Crippen molar-refractivity contribution >= 4 is 17.8 Å². The zero-order chi connectivity index (χ0) is 35.3. The van der Waals surface area contributed by atoms with E-state index in [1.807, 2.05) is 40.2 Å². The quantitative estimate of drug-likeness (QED) is 0.238. The largest absolute Gasteiger partial charge is 0.496 e. The van der Waals surface area contributed by atoms with Crippen molar-refractivity contribution in [2.45, 2.75) is 116 Å². The summed E-state index contributed by atoms with van der Waals surface area (Å²) in [6.07, 6.45) is 13.1. The van der Waals surface area contributed by atoms with Gasteiger partial charge in [0.05, 0.1) is 24.5 Å². The number of ether oxygens (including phenoxy) is 2. The zero-order valence-corrected chi connectivity index (χ0v) is 30.9. The number of anilines is 1. The number of amides is 2. The Bertz CT molecular complexity index is 1690. The summed E-state index contributed by atoms with van der Waals surface area (Å²) in [5.41, 5.74) is 4.52. The van der Waals surface area contributed by atoms with Gasteiger partial charge in [0.15, 0.2) is 0 Å². The molecule has 50 heavy (non-hydrogen) atoms. The highest BCUT2D eigenvalue weighted by Gasteiger charge is 2.51. The molecule has 4 aliphatic carbocycles. The second-order valence-corrected chi connectivity index (χ2v) is 17.0. The lowest BCUT2D eigenvalue weighted by molar-refractivity contribution is -0.124. The highest BCUT2D eigenvalue weighted by Crippen LogP contribution is 2.58. The van der Waals surface area contributed by atoms with Crippen LogP contribution in [0.25, 0.3) is 11.3 Å². The van der Waals surface area contributed by atoms with Crippen LogP contribution >= 0.6 is 0 Å². The van der Waals surface area contributed by atoms with E-state index in [2.05, 4.69) is 57.9 Å². The molecule has 5 fully saturated rings. The average molecular weight is 682 g/mol. The van der Waals surface area contributed by atoms with Crippen molar-refractivity contribution in [3.05, 3.63) is 59.9 Å². The van der Waals surface area contributed by atoms with Crippen LogP contribution in [0.1, 0.15) is 103 Å². The van der Waals surface area contributed by atoms with Crippen LogP contribution in [-0.4, -0.2) is 64.5 Å². The van der Waals surface area contributed by atoms with Gasteiger partial charge in [-0.3, -0.25) is 14.4 Å². The van der Waals surface area contributed by atoms with E-state index in [1.165, 1.54) is 11.1 Å². The average Bonchev–Trinajstić information content (AvgIpc) is 3.62. The predicted octanol–water partition coefficient (Wildman–Crippen LogP) is 8.29. The molecule has 9 heteroatoms. The van der Waals surface area contributed by atoms with E-state index >= 15 is 0 Å². The molecule has 0 unspecified atom stereocenters. The predicted molar refractivity (Wildman–Crippen MR) is 195 cm³/mol. The van der Waals surface area contributed by atoms with Gasteiger partial charge in [0.1, 0.15) is 17.7 Å². The Hall–Kier alpha value is -3.88. The number of fused-ring (bicyclic) bond motifs is 3. The van der Waals surface area contributed by atoms with Gasteiger partial charge in [0.25, 0.3) is 0 Å². The Morgan fingerprint density at radius 3 is 2.28 bits per heavy atom. The molecule has 0 atom stereocenters. The first kappa shape index (κ1) is 34.6. The van der Waals surface area contributed by atoms with Crippen LogP contribution in [0.2, 0.25) is 0 Å². The maximum Gasteiger partial charge on any atom is 0.410 e. The van der Waals surface area contributed by atoms with Crippen LogP contribution in [-0.2, 0) is 20.5 Å². The molecular weight excluding hydrogens is 626 g/mol. The monoisotopic (exact) mass is 681 g/mol. The summed E-state index contributed by atoms with van der Waals surface area (Å²) in [4.78, 5) is 36.3. The molecule has 1 saturated heterocycles. The first-order valence-corrected chi connectivity index (χ1v) is 18.8. The summed E-state index contributed by atoms with van der Waals surface area (Å²) in [5.74, 6) is 2.24. The number of aromatic nitrogens is 3. The Kier molecular flexibility index (Phi) is 9.23. The van der Waals surface area contributed by atoms with E-state index in [9.17, 15) is 9.59 Å². The van der Waals surface area contributed by atoms with Crippen molar-refractivity contribution in [2.24, 2.45) is 17.3 Å². The molecule has 1 aromatic carbocycles. The minimum Gasteiger partial charge on any atom is -0.496 e. The number of aryl methyl sites for hydroxylation is 1. The molecule has 9 nitrogen and oxygen atoms in total. The second-order valence-electron chi connectivity index (χ2n) is 17.0. The number of carbonyl (C=O) groups excluding carboxylic acids is 2. The number of methoxy groups -OCH3 is 1. The first-order valence-electron chi connectivity index (χ1n) is 18.8. The van der Waals surface area contributed by atoms with Crippen molar-refractivity contribution < 1.29 is 19.1 Å². The van der Waals surface area contributed by atoms with Gasteiger partial charge in [-0.15, -0.1) is 0 Å². The van der Waals surface area contributed by atoms with Crippen molar-refractivity contribution in [1.82, 2.24) is 19.7 Å². The summed E-state index contributed by atoms with van der Waals surface area (Å²) in [6.45, 7) is 12.9. The van der Waals surface area contributed by atoms with E-state index in [4.69, 9.17) is 14.5 Å². The van der Waals surface area contributed by atoms with Gasteiger partial charge in [-0.25, -0.2) is 9.78 Å². The number of nitrogens with zero attached hydrogens (tertiary/aromatic N) is 5. The van der Waals surface area contributed by atoms with Crippen LogP contribution in [0.3, 0.4) is 0 Å². The van der Waals surface area contributed by atoms with Crippen molar-refractivity contribution in [3.63, 3.8) is 0 Å². The van der Waals surface area contributed by atoms with E-state index in [0.717, 1.165) is 74.4 Å². The van der Waals surface area contributed by atoms with Gasteiger partial charge in [0, 0.05) is 37.3 Å². The normalized spacial score (nSPS) is 26.7. The van der Waals surface area contributed by atoms with Gasteiger partial charge < -0.3 is 14.4 Å². The summed E-state index contributed by atoms with van der Waals surface area (Å²) in [6, 6.07) is 12.8. The molecule has 2 bridgehead atoms. The summed E-state index contributed by atoms with van der Waals surface area (Å²) in [5, 5.41) is 4.62. The number of hydrogen-bond acceptors (Lipinski definition) is 6. The summed E-state index contributed by atoms with van der Waals surface area (Å²) in [7, 11) is 1.74. The lowest BCUT2D eigenvalue weighted by Gasteiger charge is -2.55. The third-order valence-electron chi connectivity index (χ3n) is 12.4. The van der Waals surface area contributed by atoms with Gasteiger partial charge in [0.2, 0.25) is 5.91 Å². The van der Waals surface area contributed by atoms with Crippen LogP contribution in [0, 0.1) is 24.2 Å². The highest BCUT2D eigenvalue weighted by atomic mass is 16.6. The molecule has 2 amide bonds. The van der Waals surface area contributed by atoms with Gasteiger partial charge in [-0.05, 0) is 138 Å². The topological polar surface area (TPSA) is 89.8 Å². The SMILES string of the molecule is COc1ccc(C23CCC(CN(C(=O)C4CCC(OC(=O)N5CC(C)C5)CC4)c4cccc(-c5cnn(C(C)(C)C)c5)n4)(CC2)CC3)cc1C. The minimum atomic E-state index is -0.204. The van der Waals surface area contributed by atoms with Gasteiger partial charge in [-0.2, -0.15) is 5.10 Å².